The van der Waals surface area contributed by atoms with E-state index >= 15 is 0 Å². The van der Waals surface area contributed by atoms with Crippen molar-refractivity contribution in [1.29, 1.82) is 0 Å². The van der Waals surface area contributed by atoms with Gasteiger partial charge in [-0.25, -0.2) is 0 Å². The van der Waals surface area contributed by atoms with Gasteiger partial charge in [0.1, 0.15) is 5.75 Å². The van der Waals surface area contributed by atoms with Gasteiger partial charge in [-0.3, -0.25) is 9.78 Å². The maximum absolute atomic E-state index is 12.2. The number of nitrogens with zero attached hydrogens (tertiary/aromatic N) is 2. The number of carbonyl (C=O) groups is 1. The van der Waals surface area contributed by atoms with E-state index in [0.717, 1.165) is 17.9 Å². The van der Waals surface area contributed by atoms with Gasteiger partial charge >= 0.3 is 0 Å². The first-order valence-electron chi connectivity index (χ1n) is 7.70. The van der Waals surface area contributed by atoms with E-state index in [-0.39, 0.29) is 5.91 Å². The quantitative estimate of drug-likeness (QED) is 0.814. The van der Waals surface area contributed by atoms with Gasteiger partial charge in [0, 0.05) is 39.0 Å². The van der Waals surface area contributed by atoms with Crippen molar-refractivity contribution in [3.8, 4) is 5.75 Å². The molecule has 2 aromatic rings. The highest BCUT2D eigenvalue weighted by Gasteiger charge is 2.09. The number of hydrogen-bond donors (Lipinski definition) is 1. The van der Waals surface area contributed by atoms with Gasteiger partial charge in [0.25, 0.3) is 0 Å². The zero-order chi connectivity index (χ0) is 16.5. The first kappa shape index (κ1) is 16.8. The minimum Gasteiger partial charge on any atom is -0.495 e. The van der Waals surface area contributed by atoms with Gasteiger partial charge in [-0.05, 0) is 36.2 Å². The lowest BCUT2D eigenvalue weighted by atomic mass is 10.2. The smallest absolute Gasteiger partial charge is 0.224 e. The van der Waals surface area contributed by atoms with Crippen molar-refractivity contribution in [2.75, 3.05) is 32.6 Å². The SMILES string of the molecule is COc1ccccc1NCCC(=O)N(C)CCc1ccncc1. The van der Waals surface area contributed by atoms with Gasteiger partial charge in [-0.1, -0.05) is 12.1 Å². The number of hydrogen-bond acceptors (Lipinski definition) is 4. The lowest BCUT2D eigenvalue weighted by Crippen LogP contribution is -2.30. The molecule has 5 heteroatoms. The number of aromatic nitrogens is 1. The van der Waals surface area contributed by atoms with Crippen molar-refractivity contribution in [2.45, 2.75) is 12.8 Å². The summed E-state index contributed by atoms with van der Waals surface area (Å²) in [6.45, 7) is 1.29. The average Bonchev–Trinajstić information content (AvgIpc) is 2.60. The molecule has 0 bridgehead atoms. The second-order valence-corrected chi connectivity index (χ2v) is 5.30. The molecule has 0 fully saturated rings. The van der Waals surface area contributed by atoms with E-state index in [4.69, 9.17) is 4.74 Å². The Morgan fingerprint density at radius 1 is 1.22 bits per heavy atom. The summed E-state index contributed by atoms with van der Waals surface area (Å²) in [5, 5.41) is 3.24. The fourth-order valence-corrected chi connectivity index (χ4v) is 2.26. The summed E-state index contributed by atoms with van der Waals surface area (Å²) in [6, 6.07) is 11.6. The van der Waals surface area contributed by atoms with Crippen LogP contribution in [0.1, 0.15) is 12.0 Å². The van der Waals surface area contributed by atoms with E-state index in [1.807, 2.05) is 43.4 Å². The highest BCUT2D eigenvalue weighted by molar-refractivity contribution is 5.76. The van der Waals surface area contributed by atoms with Crippen LogP contribution in [0, 0.1) is 0 Å². The number of pyridine rings is 1. The van der Waals surface area contributed by atoms with Gasteiger partial charge < -0.3 is 15.0 Å². The third-order valence-electron chi connectivity index (χ3n) is 3.67. The number of amides is 1. The van der Waals surface area contributed by atoms with Crippen LogP contribution in [0.3, 0.4) is 0 Å². The highest BCUT2D eigenvalue weighted by atomic mass is 16.5. The fraction of sp³-hybridized carbons (Fsp3) is 0.333. The van der Waals surface area contributed by atoms with Crippen molar-refractivity contribution in [3.05, 3.63) is 54.4 Å². The van der Waals surface area contributed by atoms with Crippen LogP contribution in [0.15, 0.2) is 48.8 Å². The number of likely N-dealkylation sites (N-methyl/N-ethyl adjacent to an activating group) is 1. The third kappa shape index (κ3) is 5.29. The number of benzene rings is 1. The molecule has 1 aromatic heterocycles. The molecule has 0 atom stereocenters. The van der Waals surface area contributed by atoms with Crippen LogP contribution in [0.25, 0.3) is 0 Å². The van der Waals surface area contributed by atoms with Crippen LogP contribution in [-0.2, 0) is 11.2 Å². The summed E-state index contributed by atoms with van der Waals surface area (Å²) in [5.41, 5.74) is 2.09. The Morgan fingerprint density at radius 2 is 1.96 bits per heavy atom. The van der Waals surface area contributed by atoms with Crippen molar-refractivity contribution in [1.82, 2.24) is 9.88 Å². The van der Waals surface area contributed by atoms with Crippen LogP contribution in [0.4, 0.5) is 5.69 Å². The molecule has 122 valence electrons. The molecule has 0 aliphatic rings. The van der Waals surface area contributed by atoms with Crippen LogP contribution >= 0.6 is 0 Å². The molecule has 23 heavy (non-hydrogen) atoms. The van der Waals surface area contributed by atoms with E-state index in [1.165, 1.54) is 5.56 Å². The number of para-hydroxylation sites is 2. The standard InChI is InChI=1S/C18H23N3O2/c1-21(14-10-15-7-11-19-12-8-15)18(22)9-13-20-16-5-3-4-6-17(16)23-2/h3-8,11-12,20H,9-10,13-14H2,1-2H3. The lowest BCUT2D eigenvalue weighted by molar-refractivity contribution is -0.129. The molecule has 0 aliphatic carbocycles. The summed E-state index contributed by atoms with van der Waals surface area (Å²) in [7, 11) is 3.48. The topological polar surface area (TPSA) is 54.5 Å². The van der Waals surface area contributed by atoms with E-state index in [0.29, 0.717) is 19.5 Å². The second-order valence-electron chi connectivity index (χ2n) is 5.30. The van der Waals surface area contributed by atoms with Crippen molar-refractivity contribution >= 4 is 11.6 Å². The Hall–Kier alpha value is -2.56. The minimum atomic E-state index is 0.126. The predicted octanol–water partition coefficient (Wildman–Crippen LogP) is 2.59. The number of rotatable bonds is 8. The summed E-state index contributed by atoms with van der Waals surface area (Å²) in [6.07, 6.45) is 4.83. The average molecular weight is 313 g/mol. The molecule has 0 saturated carbocycles. The molecule has 0 spiro atoms. The zero-order valence-corrected chi connectivity index (χ0v) is 13.7. The van der Waals surface area contributed by atoms with E-state index in [1.54, 1.807) is 24.4 Å². The van der Waals surface area contributed by atoms with Gasteiger partial charge in [0.05, 0.1) is 12.8 Å². The molecule has 2 rings (SSSR count). The predicted molar refractivity (Wildman–Crippen MR) is 91.7 cm³/mol. The van der Waals surface area contributed by atoms with Crippen LogP contribution in [0.2, 0.25) is 0 Å². The van der Waals surface area contributed by atoms with E-state index in [2.05, 4.69) is 10.3 Å². The molecule has 5 nitrogen and oxygen atoms in total. The fourth-order valence-electron chi connectivity index (χ4n) is 2.26. The Kier molecular flexibility index (Phi) is 6.41. The van der Waals surface area contributed by atoms with Gasteiger partial charge in [-0.2, -0.15) is 0 Å². The van der Waals surface area contributed by atoms with Crippen molar-refractivity contribution < 1.29 is 9.53 Å². The van der Waals surface area contributed by atoms with Crippen molar-refractivity contribution in [3.63, 3.8) is 0 Å². The van der Waals surface area contributed by atoms with E-state index < -0.39 is 0 Å². The number of carbonyl (C=O) groups excluding carboxylic acids is 1. The first-order valence-corrected chi connectivity index (χ1v) is 7.70. The Balaban J connectivity index is 1.73. The van der Waals surface area contributed by atoms with Gasteiger partial charge in [0.15, 0.2) is 0 Å². The lowest BCUT2D eigenvalue weighted by Gasteiger charge is -2.18. The number of nitrogens with one attached hydrogen (secondary N) is 1. The number of ether oxygens (including phenoxy) is 1. The van der Waals surface area contributed by atoms with Gasteiger partial charge in [-0.15, -0.1) is 0 Å². The molecule has 0 unspecified atom stereocenters. The molecule has 0 radical (unpaired) electrons. The third-order valence-corrected chi connectivity index (χ3v) is 3.67. The monoisotopic (exact) mass is 313 g/mol. The number of methoxy groups -OCH3 is 1. The number of anilines is 1. The second kappa shape index (κ2) is 8.78. The minimum absolute atomic E-state index is 0.126. The van der Waals surface area contributed by atoms with Crippen LogP contribution < -0.4 is 10.1 Å². The maximum atomic E-state index is 12.2. The summed E-state index contributed by atoms with van der Waals surface area (Å²) in [4.78, 5) is 17.9. The zero-order valence-electron chi connectivity index (χ0n) is 13.7. The molecular formula is C18H23N3O2. The summed E-state index contributed by atoms with van der Waals surface area (Å²) >= 11 is 0. The highest BCUT2D eigenvalue weighted by Crippen LogP contribution is 2.22. The Bertz CT molecular complexity index is 617. The van der Waals surface area contributed by atoms with Crippen LogP contribution in [-0.4, -0.2) is 43.0 Å². The van der Waals surface area contributed by atoms with Gasteiger partial charge in [0.2, 0.25) is 5.91 Å². The molecule has 0 aliphatic heterocycles. The van der Waals surface area contributed by atoms with E-state index in [9.17, 15) is 4.79 Å². The molecule has 0 saturated heterocycles. The molecular weight excluding hydrogens is 290 g/mol. The Morgan fingerprint density at radius 3 is 2.70 bits per heavy atom. The summed E-state index contributed by atoms with van der Waals surface area (Å²) in [5.74, 6) is 0.910. The maximum Gasteiger partial charge on any atom is 0.224 e. The van der Waals surface area contributed by atoms with Crippen LogP contribution in [0.5, 0.6) is 5.75 Å². The summed E-state index contributed by atoms with van der Waals surface area (Å²) < 4.78 is 5.27. The molecule has 1 heterocycles. The molecule has 1 aromatic carbocycles. The largest absolute Gasteiger partial charge is 0.495 e. The molecule has 1 N–H and O–H groups in total. The van der Waals surface area contributed by atoms with Crippen molar-refractivity contribution in [2.24, 2.45) is 0 Å². The first-order chi connectivity index (χ1) is 11.2. The Labute approximate surface area is 137 Å². The molecule has 1 amide bonds. The normalized spacial score (nSPS) is 10.2.